The zero-order valence-corrected chi connectivity index (χ0v) is 15.9. The van der Waals surface area contributed by atoms with Crippen LogP contribution in [0.3, 0.4) is 0 Å². The molecule has 3 heteroatoms. The minimum absolute atomic E-state index is 0.0163. The number of hydrogen-bond donors (Lipinski definition) is 1. The Morgan fingerprint density at radius 2 is 1.81 bits per heavy atom. The molecule has 1 N–H and O–H groups in total. The van der Waals surface area contributed by atoms with Crippen LogP contribution >= 0.6 is 0 Å². The Labute approximate surface area is 157 Å². The number of aryl methyl sites for hydroxylation is 1. The quantitative estimate of drug-likeness (QED) is 0.465. The van der Waals surface area contributed by atoms with Gasteiger partial charge in [-0.05, 0) is 54.2 Å². The zero-order valence-electron chi connectivity index (χ0n) is 15.9. The summed E-state index contributed by atoms with van der Waals surface area (Å²) >= 11 is 0. The van der Waals surface area contributed by atoms with E-state index < -0.39 is 0 Å². The van der Waals surface area contributed by atoms with Crippen LogP contribution in [0.15, 0.2) is 54.6 Å². The lowest BCUT2D eigenvalue weighted by Gasteiger charge is -2.13. The lowest BCUT2D eigenvalue weighted by Crippen LogP contribution is -2.04. The van der Waals surface area contributed by atoms with Crippen LogP contribution in [0, 0.1) is 0 Å². The number of aliphatic hydroxyl groups is 1. The van der Waals surface area contributed by atoms with Gasteiger partial charge >= 0.3 is 0 Å². The van der Waals surface area contributed by atoms with Crippen LogP contribution in [0.4, 0.5) is 0 Å². The molecule has 0 atom stereocenters. The van der Waals surface area contributed by atoms with Gasteiger partial charge in [0.05, 0.1) is 19.8 Å². The molecule has 3 nitrogen and oxygen atoms in total. The van der Waals surface area contributed by atoms with Gasteiger partial charge in [-0.1, -0.05) is 55.8 Å². The lowest BCUT2D eigenvalue weighted by atomic mass is 9.96. The molecule has 2 aromatic carbocycles. The average molecular weight is 354 g/mol. The van der Waals surface area contributed by atoms with Gasteiger partial charge in [-0.3, -0.25) is 0 Å². The molecule has 0 spiro atoms. The number of aliphatic hydroxyl groups excluding tert-OH is 1. The summed E-state index contributed by atoms with van der Waals surface area (Å²) < 4.78 is 11.3. The lowest BCUT2D eigenvalue weighted by molar-refractivity contribution is 0.165. The molecule has 0 aliphatic heterocycles. The molecule has 0 unspecified atom stereocenters. The second kappa shape index (κ2) is 11.5. The van der Waals surface area contributed by atoms with Gasteiger partial charge in [0, 0.05) is 0 Å². The van der Waals surface area contributed by atoms with Gasteiger partial charge < -0.3 is 14.6 Å². The van der Waals surface area contributed by atoms with E-state index in [4.69, 9.17) is 14.6 Å². The summed E-state index contributed by atoms with van der Waals surface area (Å²) in [4.78, 5) is 0. The Bertz CT molecular complexity index is 674. The molecule has 0 heterocycles. The normalized spacial score (nSPS) is 11.2. The van der Waals surface area contributed by atoms with E-state index in [2.05, 4.69) is 43.3 Å². The SMILES string of the molecule is C/C=C/COCCc1cc(OCCO)ccc1-c1ccc(CCC)cc1. The highest BCUT2D eigenvalue weighted by molar-refractivity contribution is 5.68. The summed E-state index contributed by atoms with van der Waals surface area (Å²) in [6.07, 6.45) is 7.09. The van der Waals surface area contributed by atoms with Gasteiger partial charge in [0.2, 0.25) is 0 Å². The highest BCUT2D eigenvalue weighted by Crippen LogP contribution is 2.28. The molecule has 0 fully saturated rings. The summed E-state index contributed by atoms with van der Waals surface area (Å²) in [5.41, 5.74) is 4.99. The Balaban J connectivity index is 2.18. The Morgan fingerprint density at radius 1 is 1.00 bits per heavy atom. The second-order valence-electron chi connectivity index (χ2n) is 6.23. The van der Waals surface area contributed by atoms with Gasteiger partial charge in [0.15, 0.2) is 0 Å². The molecule has 2 rings (SSSR count). The first-order chi connectivity index (χ1) is 12.8. The summed E-state index contributed by atoms with van der Waals surface area (Å²) in [5.74, 6) is 0.786. The van der Waals surface area contributed by atoms with Crippen LogP contribution in [0.1, 0.15) is 31.4 Å². The van der Waals surface area contributed by atoms with Crippen LogP contribution in [-0.2, 0) is 17.6 Å². The van der Waals surface area contributed by atoms with E-state index in [1.54, 1.807) is 0 Å². The Morgan fingerprint density at radius 3 is 2.50 bits per heavy atom. The number of benzene rings is 2. The molecule has 2 aromatic rings. The molecule has 140 valence electrons. The Kier molecular flexibility index (Phi) is 8.94. The first-order valence-corrected chi connectivity index (χ1v) is 9.43. The van der Waals surface area contributed by atoms with Crippen molar-refractivity contribution in [1.29, 1.82) is 0 Å². The molecule has 0 bridgehead atoms. The maximum Gasteiger partial charge on any atom is 0.119 e. The molecule has 0 saturated carbocycles. The minimum Gasteiger partial charge on any atom is -0.491 e. The van der Waals surface area contributed by atoms with E-state index in [0.29, 0.717) is 19.8 Å². The number of ether oxygens (including phenoxy) is 2. The molecular weight excluding hydrogens is 324 g/mol. The van der Waals surface area contributed by atoms with Gasteiger partial charge in [-0.15, -0.1) is 0 Å². The summed E-state index contributed by atoms with van der Waals surface area (Å²) in [6, 6.07) is 14.9. The molecule has 0 aliphatic rings. The van der Waals surface area contributed by atoms with Crippen molar-refractivity contribution in [3.63, 3.8) is 0 Å². The first kappa shape index (κ1) is 20.2. The van der Waals surface area contributed by atoms with E-state index in [1.165, 1.54) is 22.3 Å². The van der Waals surface area contributed by atoms with Crippen molar-refractivity contribution in [2.45, 2.75) is 33.1 Å². The average Bonchev–Trinajstić information content (AvgIpc) is 2.67. The first-order valence-electron chi connectivity index (χ1n) is 9.43. The predicted octanol–water partition coefficient (Wildman–Crippen LogP) is 4.81. The topological polar surface area (TPSA) is 38.7 Å². The molecule has 26 heavy (non-hydrogen) atoms. The van der Waals surface area contributed by atoms with Crippen molar-refractivity contribution in [2.75, 3.05) is 26.4 Å². The molecule has 0 aromatic heterocycles. The van der Waals surface area contributed by atoms with Crippen molar-refractivity contribution >= 4 is 0 Å². The minimum atomic E-state index is 0.0163. The third kappa shape index (κ3) is 6.32. The van der Waals surface area contributed by atoms with Crippen molar-refractivity contribution < 1.29 is 14.6 Å². The van der Waals surface area contributed by atoms with Crippen LogP contribution in [0.5, 0.6) is 5.75 Å². The molecular formula is C23H30O3. The monoisotopic (exact) mass is 354 g/mol. The fourth-order valence-electron chi connectivity index (χ4n) is 2.88. The van der Waals surface area contributed by atoms with Gasteiger partial charge in [-0.25, -0.2) is 0 Å². The van der Waals surface area contributed by atoms with Crippen molar-refractivity contribution in [2.24, 2.45) is 0 Å². The third-order valence-corrected chi connectivity index (χ3v) is 4.21. The van der Waals surface area contributed by atoms with Crippen molar-refractivity contribution in [1.82, 2.24) is 0 Å². The van der Waals surface area contributed by atoms with Gasteiger partial charge in [0.25, 0.3) is 0 Å². The van der Waals surface area contributed by atoms with Crippen molar-refractivity contribution in [3.05, 3.63) is 65.7 Å². The van der Waals surface area contributed by atoms with Crippen LogP contribution in [0.2, 0.25) is 0 Å². The summed E-state index contributed by atoms with van der Waals surface area (Å²) in [6.45, 7) is 5.81. The van der Waals surface area contributed by atoms with Crippen molar-refractivity contribution in [3.8, 4) is 16.9 Å². The standard InChI is InChI=1S/C23H30O3/c1-3-5-15-25-16-13-21-18-22(26-17-14-24)11-12-23(21)20-9-7-19(6-4-2)8-10-20/h3,5,7-12,18,24H,4,6,13-17H2,1-2H3/b5-3+. The van der Waals surface area contributed by atoms with E-state index in [1.807, 2.05) is 25.1 Å². The van der Waals surface area contributed by atoms with E-state index in [0.717, 1.165) is 25.0 Å². The summed E-state index contributed by atoms with van der Waals surface area (Å²) in [5, 5.41) is 8.97. The van der Waals surface area contributed by atoms with E-state index in [9.17, 15) is 0 Å². The fraction of sp³-hybridized carbons (Fsp3) is 0.391. The van der Waals surface area contributed by atoms with Gasteiger partial charge in [0.1, 0.15) is 12.4 Å². The Hall–Kier alpha value is -2.10. The van der Waals surface area contributed by atoms with Crippen LogP contribution in [0.25, 0.3) is 11.1 Å². The molecule has 0 saturated heterocycles. The van der Waals surface area contributed by atoms with Crippen LogP contribution in [-0.4, -0.2) is 31.5 Å². The van der Waals surface area contributed by atoms with E-state index in [-0.39, 0.29) is 6.61 Å². The second-order valence-corrected chi connectivity index (χ2v) is 6.23. The summed E-state index contributed by atoms with van der Waals surface area (Å²) in [7, 11) is 0. The highest BCUT2D eigenvalue weighted by Gasteiger charge is 2.08. The smallest absolute Gasteiger partial charge is 0.119 e. The highest BCUT2D eigenvalue weighted by atomic mass is 16.5. The molecule has 0 radical (unpaired) electrons. The van der Waals surface area contributed by atoms with E-state index >= 15 is 0 Å². The molecule has 0 aliphatic carbocycles. The van der Waals surface area contributed by atoms with Crippen LogP contribution < -0.4 is 4.74 Å². The maximum atomic E-state index is 8.97. The third-order valence-electron chi connectivity index (χ3n) is 4.21. The fourth-order valence-corrected chi connectivity index (χ4v) is 2.88. The maximum absolute atomic E-state index is 8.97. The zero-order chi connectivity index (χ0) is 18.6. The number of allylic oxidation sites excluding steroid dienone is 1. The molecule has 0 amide bonds. The number of hydrogen-bond acceptors (Lipinski definition) is 3. The largest absolute Gasteiger partial charge is 0.491 e. The van der Waals surface area contributed by atoms with Gasteiger partial charge in [-0.2, -0.15) is 0 Å². The number of rotatable bonds is 11. The predicted molar refractivity (Wildman–Crippen MR) is 108 cm³/mol.